The van der Waals surface area contributed by atoms with Gasteiger partial charge in [-0.2, -0.15) is 0 Å². The third-order valence-electron chi connectivity index (χ3n) is 2.49. The van der Waals surface area contributed by atoms with Crippen LogP contribution < -0.4 is 16.0 Å². The highest BCUT2D eigenvalue weighted by Crippen LogP contribution is 1.83. The predicted octanol–water partition coefficient (Wildman–Crippen LogP) is 0.739. The minimum Gasteiger partial charge on any atom is -0.382 e. The van der Waals surface area contributed by atoms with Gasteiger partial charge in [0.1, 0.15) is 6.54 Å². The highest BCUT2D eigenvalue weighted by molar-refractivity contribution is 14.0. The highest BCUT2D eigenvalue weighted by Gasteiger charge is 2.01. The van der Waals surface area contributed by atoms with E-state index >= 15 is 0 Å². The van der Waals surface area contributed by atoms with Gasteiger partial charge in [0.15, 0.2) is 5.96 Å². The first-order chi connectivity index (χ1) is 10.2. The van der Waals surface area contributed by atoms with E-state index in [-0.39, 0.29) is 36.4 Å². The van der Waals surface area contributed by atoms with Crippen molar-refractivity contribution in [2.24, 2.45) is 4.99 Å². The molecule has 0 aliphatic rings. The zero-order chi connectivity index (χ0) is 15.8. The van der Waals surface area contributed by atoms with Crippen molar-refractivity contribution < 1.29 is 14.3 Å². The average molecular weight is 430 g/mol. The molecule has 0 aromatic carbocycles. The van der Waals surface area contributed by atoms with Crippen LogP contribution in [0.25, 0.3) is 0 Å². The lowest BCUT2D eigenvalue weighted by Crippen LogP contribution is -2.39. The molecule has 0 unspecified atom stereocenters. The fourth-order valence-electron chi connectivity index (χ4n) is 1.44. The first kappa shape index (κ1) is 23.7. The Morgan fingerprint density at radius 1 is 1.05 bits per heavy atom. The standard InChI is InChI=1S/C14H30N4O3.HI/c1-4-7-16-13(19)12-18-14(15-5-2)17-8-6-9-21-11-10-20-3;/h4-12H2,1-3H3,(H,16,19)(H2,15,17,18);1H. The molecule has 3 N–H and O–H groups in total. The quantitative estimate of drug-likeness (QED) is 0.184. The lowest BCUT2D eigenvalue weighted by atomic mass is 10.4. The Bertz CT molecular complexity index is 291. The van der Waals surface area contributed by atoms with Crippen molar-refractivity contribution in [3.8, 4) is 0 Å². The summed E-state index contributed by atoms with van der Waals surface area (Å²) in [5.41, 5.74) is 0. The molecule has 1 amide bonds. The summed E-state index contributed by atoms with van der Waals surface area (Å²) in [5.74, 6) is 0.595. The molecule has 132 valence electrons. The number of carbonyl (C=O) groups is 1. The smallest absolute Gasteiger partial charge is 0.241 e. The van der Waals surface area contributed by atoms with Crippen molar-refractivity contribution in [3.63, 3.8) is 0 Å². The van der Waals surface area contributed by atoms with E-state index in [4.69, 9.17) is 9.47 Å². The summed E-state index contributed by atoms with van der Waals surface area (Å²) in [6.07, 6.45) is 1.80. The maximum Gasteiger partial charge on any atom is 0.241 e. The third-order valence-corrected chi connectivity index (χ3v) is 2.49. The molecule has 0 saturated carbocycles. The number of nitrogens with one attached hydrogen (secondary N) is 3. The second kappa shape index (κ2) is 18.4. The molecule has 0 aromatic rings. The Morgan fingerprint density at radius 2 is 1.82 bits per heavy atom. The number of ether oxygens (including phenoxy) is 2. The molecule has 0 fully saturated rings. The zero-order valence-electron chi connectivity index (χ0n) is 13.9. The number of hydrogen-bond acceptors (Lipinski definition) is 4. The number of halogens is 1. The number of aliphatic imine (C=N–C) groups is 1. The summed E-state index contributed by atoms with van der Waals surface area (Å²) in [4.78, 5) is 15.7. The highest BCUT2D eigenvalue weighted by atomic mass is 127. The predicted molar refractivity (Wildman–Crippen MR) is 100 cm³/mol. The van der Waals surface area contributed by atoms with E-state index in [2.05, 4.69) is 20.9 Å². The van der Waals surface area contributed by atoms with Gasteiger partial charge < -0.3 is 25.4 Å². The van der Waals surface area contributed by atoms with Crippen LogP contribution in [0.4, 0.5) is 0 Å². The first-order valence-corrected chi connectivity index (χ1v) is 7.60. The van der Waals surface area contributed by atoms with E-state index in [1.807, 2.05) is 13.8 Å². The van der Waals surface area contributed by atoms with Gasteiger partial charge >= 0.3 is 0 Å². The Kier molecular flexibility index (Phi) is 19.8. The van der Waals surface area contributed by atoms with Gasteiger partial charge in [-0.15, -0.1) is 24.0 Å². The Labute approximate surface area is 151 Å². The topological polar surface area (TPSA) is 84.0 Å². The lowest BCUT2D eigenvalue weighted by Gasteiger charge is -2.11. The summed E-state index contributed by atoms with van der Waals surface area (Å²) >= 11 is 0. The van der Waals surface area contributed by atoms with Crippen molar-refractivity contribution >= 4 is 35.8 Å². The molecular formula is C14H31IN4O3. The van der Waals surface area contributed by atoms with Crippen LogP contribution in [0.1, 0.15) is 26.7 Å². The number of nitrogens with zero attached hydrogens (tertiary/aromatic N) is 1. The normalized spacial score (nSPS) is 10.8. The number of rotatable bonds is 12. The van der Waals surface area contributed by atoms with Crippen molar-refractivity contribution in [2.75, 3.05) is 53.1 Å². The van der Waals surface area contributed by atoms with Crippen LogP contribution in [0.3, 0.4) is 0 Å². The number of guanidine groups is 1. The Morgan fingerprint density at radius 3 is 2.45 bits per heavy atom. The first-order valence-electron chi connectivity index (χ1n) is 7.60. The molecule has 0 aromatic heterocycles. The fourth-order valence-corrected chi connectivity index (χ4v) is 1.44. The number of hydrogen-bond donors (Lipinski definition) is 3. The zero-order valence-corrected chi connectivity index (χ0v) is 16.3. The van der Waals surface area contributed by atoms with Gasteiger partial charge in [0.05, 0.1) is 13.2 Å². The Balaban J connectivity index is 0. The van der Waals surface area contributed by atoms with Crippen LogP contribution in [-0.4, -0.2) is 65.0 Å². The van der Waals surface area contributed by atoms with Crippen molar-refractivity contribution in [3.05, 3.63) is 0 Å². The van der Waals surface area contributed by atoms with Crippen LogP contribution in [0.5, 0.6) is 0 Å². The van der Waals surface area contributed by atoms with Gasteiger partial charge in [-0.05, 0) is 19.8 Å². The molecule has 0 heterocycles. The number of carbonyl (C=O) groups excluding carboxylic acids is 1. The summed E-state index contributed by atoms with van der Waals surface area (Å²) in [7, 11) is 1.65. The van der Waals surface area contributed by atoms with Crippen LogP contribution in [0, 0.1) is 0 Å². The van der Waals surface area contributed by atoms with Gasteiger partial charge in [-0.25, -0.2) is 4.99 Å². The summed E-state index contributed by atoms with van der Waals surface area (Å²) in [6, 6.07) is 0. The molecule has 0 rings (SSSR count). The van der Waals surface area contributed by atoms with E-state index in [1.165, 1.54) is 0 Å². The molecule has 8 heteroatoms. The Hall–Kier alpha value is -0.610. The molecule has 0 spiro atoms. The number of methoxy groups -OCH3 is 1. The molecule has 0 atom stereocenters. The van der Waals surface area contributed by atoms with E-state index in [0.29, 0.717) is 32.3 Å². The molecular weight excluding hydrogens is 399 g/mol. The average Bonchev–Trinajstić information content (AvgIpc) is 2.49. The van der Waals surface area contributed by atoms with E-state index in [1.54, 1.807) is 7.11 Å². The molecule has 22 heavy (non-hydrogen) atoms. The van der Waals surface area contributed by atoms with Crippen molar-refractivity contribution in [1.82, 2.24) is 16.0 Å². The molecule has 0 aliphatic carbocycles. The maximum atomic E-state index is 11.5. The van der Waals surface area contributed by atoms with Crippen LogP contribution in [-0.2, 0) is 14.3 Å². The minimum atomic E-state index is -0.0584. The van der Waals surface area contributed by atoms with Gasteiger partial charge in [0, 0.05) is 33.4 Å². The third kappa shape index (κ3) is 15.8. The maximum absolute atomic E-state index is 11.5. The SMILES string of the molecule is CCCNC(=O)CN=C(NCC)NCCCOCCOC.I. The number of amides is 1. The van der Waals surface area contributed by atoms with Crippen LogP contribution >= 0.6 is 24.0 Å². The van der Waals surface area contributed by atoms with E-state index in [0.717, 1.165) is 25.9 Å². The van der Waals surface area contributed by atoms with E-state index in [9.17, 15) is 4.79 Å². The molecule has 0 bridgehead atoms. The van der Waals surface area contributed by atoms with Gasteiger partial charge in [-0.3, -0.25) is 4.79 Å². The summed E-state index contributed by atoms with van der Waals surface area (Å²) in [5, 5.41) is 9.07. The largest absolute Gasteiger partial charge is 0.382 e. The minimum absolute atomic E-state index is 0. The van der Waals surface area contributed by atoms with Crippen LogP contribution in [0.2, 0.25) is 0 Å². The molecule has 0 aliphatic heterocycles. The van der Waals surface area contributed by atoms with Crippen molar-refractivity contribution in [1.29, 1.82) is 0 Å². The molecule has 7 nitrogen and oxygen atoms in total. The van der Waals surface area contributed by atoms with Crippen molar-refractivity contribution in [2.45, 2.75) is 26.7 Å². The summed E-state index contributed by atoms with van der Waals surface area (Å²) in [6.45, 7) is 8.24. The van der Waals surface area contributed by atoms with Crippen LogP contribution in [0.15, 0.2) is 4.99 Å². The van der Waals surface area contributed by atoms with Gasteiger partial charge in [0.25, 0.3) is 0 Å². The monoisotopic (exact) mass is 430 g/mol. The molecule has 0 radical (unpaired) electrons. The second-order valence-electron chi connectivity index (χ2n) is 4.43. The second-order valence-corrected chi connectivity index (χ2v) is 4.43. The van der Waals surface area contributed by atoms with Gasteiger partial charge in [0.2, 0.25) is 5.91 Å². The summed E-state index contributed by atoms with van der Waals surface area (Å²) < 4.78 is 10.3. The molecule has 0 saturated heterocycles. The lowest BCUT2D eigenvalue weighted by molar-refractivity contribution is -0.119. The van der Waals surface area contributed by atoms with E-state index < -0.39 is 0 Å². The van der Waals surface area contributed by atoms with Gasteiger partial charge in [-0.1, -0.05) is 6.92 Å². The fraction of sp³-hybridized carbons (Fsp3) is 0.857.